The summed E-state index contributed by atoms with van der Waals surface area (Å²) in [7, 11) is -3.39. The molecule has 0 aliphatic heterocycles. The van der Waals surface area contributed by atoms with Gasteiger partial charge in [0, 0.05) is 13.1 Å². The average Bonchev–Trinajstić information content (AvgIpc) is 3.12. The predicted octanol–water partition coefficient (Wildman–Crippen LogP) is 1.45. The number of rotatable bonds is 14. The van der Waals surface area contributed by atoms with Gasteiger partial charge in [0.2, 0.25) is 13.4 Å². The van der Waals surface area contributed by atoms with Gasteiger partial charge in [-0.3, -0.25) is 14.9 Å². The second kappa shape index (κ2) is 11.8. The molecule has 0 saturated heterocycles. The number of carbonyl (C=O) groups is 1. The summed E-state index contributed by atoms with van der Waals surface area (Å²) < 4.78 is 24.8. The number of anilines is 2. The number of hydrogen-bond acceptors (Lipinski definition) is 9. The summed E-state index contributed by atoms with van der Waals surface area (Å²) in [5, 5.41) is 5.67. The number of nitrogens with zero attached hydrogens (tertiary/aromatic N) is 4. The summed E-state index contributed by atoms with van der Waals surface area (Å²) in [6.45, 7) is 8.60. The minimum absolute atomic E-state index is 0.109. The molecule has 6 N–H and O–H groups in total. The summed E-state index contributed by atoms with van der Waals surface area (Å²) in [5.41, 5.74) is 12.7. The maximum atomic E-state index is 12.5. The fourth-order valence-corrected chi connectivity index (χ4v) is 3.88. The summed E-state index contributed by atoms with van der Waals surface area (Å²) in [5.74, 6) is 0.122. The Morgan fingerprint density at radius 3 is 2.90 bits per heavy atom. The van der Waals surface area contributed by atoms with Crippen molar-refractivity contribution in [2.75, 3.05) is 37.2 Å². The van der Waals surface area contributed by atoms with Gasteiger partial charge in [-0.05, 0) is 13.3 Å². The Bertz CT molecular complexity index is 935. The number of ether oxygens (including phenoxy) is 2. The molecule has 2 heterocycles. The zero-order chi connectivity index (χ0) is 22.9. The molecule has 2 rings (SSSR count). The van der Waals surface area contributed by atoms with Gasteiger partial charge >= 0.3 is 5.97 Å². The smallest absolute Gasteiger partial charge is 0.323 e. The molecular formula is C18H31N8O4P. The van der Waals surface area contributed by atoms with Crippen LogP contribution in [0.25, 0.3) is 11.2 Å². The molecule has 0 spiro atoms. The molecule has 2 aromatic heterocycles. The first-order chi connectivity index (χ1) is 14.8. The van der Waals surface area contributed by atoms with Crippen LogP contribution in [0.15, 0.2) is 19.0 Å². The predicted molar refractivity (Wildman–Crippen MR) is 119 cm³/mol. The number of esters is 1. The van der Waals surface area contributed by atoms with Crippen molar-refractivity contribution >= 4 is 36.3 Å². The first-order valence-electron chi connectivity index (χ1n) is 10.00. The van der Waals surface area contributed by atoms with E-state index in [0.29, 0.717) is 36.7 Å². The molecule has 0 aliphatic carbocycles. The third kappa shape index (κ3) is 7.59. The number of nitrogens with two attached hydrogens (primary N) is 2. The third-order valence-electron chi connectivity index (χ3n) is 4.16. The Kier molecular flexibility index (Phi) is 9.38. The highest BCUT2D eigenvalue weighted by atomic mass is 31.2. The van der Waals surface area contributed by atoms with Gasteiger partial charge in [-0.1, -0.05) is 19.4 Å². The topological polar surface area (TPSA) is 172 Å². The van der Waals surface area contributed by atoms with E-state index in [2.05, 4.69) is 31.9 Å². The van der Waals surface area contributed by atoms with Crippen LogP contribution >= 0.6 is 7.44 Å². The van der Waals surface area contributed by atoms with Gasteiger partial charge in [0.15, 0.2) is 17.0 Å². The SMILES string of the molecule is C=CCNc1nc(N)nc2c1ncn2CCOCP(N)(=O)NC(C)C(=O)OCCCC. The zero-order valence-electron chi connectivity index (χ0n) is 17.9. The minimum atomic E-state index is -3.39. The van der Waals surface area contributed by atoms with Crippen LogP contribution in [0.2, 0.25) is 0 Å². The first-order valence-corrected chi connectivity index (χ1v) is 12.0. The summed E-state index contributed by atoms with van der Waals surface area (Å²) >= 11 is 0. The van der Waals surface area contributed by atoms with E-state index in [9.17, 15) is 9.36 Å². The van der Waals surface area contributed by atoms with E-state index in [0.717, 1.165) is 12.8 Å². The normalized spacial score (nSPS) is 14.2. The second-order valence-corrected chi connectivity index (χ2v) is 9.02. The van der Waals surface area contributed by atoms with Crippen molar-refractivity contribution in [1.82, 2.24) is 24.6 Å². The Balaban J connectivity index is 1.87. The fraction of sp³-hybridized carbons (Fsp3) is 0.556. The second-order valence-electron chi connectivity index (χ2n) is 6.91. The van der Waals surface area contributed by atoms with Crippen molar-refractivity contribution < 1.29 is 18.8 Å². The fourth-order valence-electron chi connectivity index (χ4n) is 2.64. The van der Waals surface area contributed by atoms with Crippen molar-refractivity contribution in [2.24, 2.45) is 5.50 Å². The van der Waals surface area contributed by atoms with Crippen molar-refractivity contribution in [3.8, 4) is 0 Å². The molecule has 0 fully saturated rings. The number of aromatic nitrogens is 4. The Morgan fingerprint density at radius 1 is 1.42 bits per heavy atom. The molecule has 172 valence electrons. The number of nitrogen functional groups attached to an aromatic ring is 1. The van der Waals surface area contributed by atoms with Crippen LogP contribution in [0.4, 0.5) is 11.8 Å². The van der Waals surface area contributed by atoms with Gasteiger partial charge < -0.3 is 25.1 Å². The molecule has 2 unspecified atom stereocenters. The van der Waals surface area contributed by atoms with Gasteiger partial charge in [-0.25, -0.2) is 10.1 Å². The maximum absolute atomic E-state index is 12.5. The molecular weight excluding hydrogens is 423 g/mol. The van der Waals surface area contributed by atoms with Crippen molar-refractivity contribution in [3.05, 3.63) is 19.0 Å². The molecule has 0 radical (unpaired) electrons. The number of nitrogens with one attached hydrogen (secondary N) is 2. The monoisotopic (exact) mass is 454 g/mol. The van der Waals surface area contributed by atoms with E-state index < -0.39 is 19.5 Å². The van der Waals surface area contributed by atoms with Crippen LogP contribution in [0.3, 0.4) is 0 Å². The van der Waals surface area contributed by atoms with E-state index in [1.54, 1.807) is 23.9 Å². The van der Waals surface area contributed by atoms with Crippen LogP contribution < -0.4 is 21.6 Å². The van der Waals surface area contributed by atoms with Crippen LogP contribution in [-0.4, -0.2) is 57.6 Å². The quantitative estimate of drug-likeness (QED) is 0.141. The highest BCUT2D eigenvalue weighted by Gasteiger charge is 2.24. The van der Waals surface area contributed by atoms with Gasteiger partial charge in [-0.2, -0.15) is 9.97 Å². The molecule has 0 aromatic carbocycles. The van der Waals surface area contributed by atoms with Crippen molar-refractivity contribution in [3.63, 3.8) is 0 Å². The molecule has 13 heteroatoms. The zero-order valence-corrected chi connectivity index (χ0v) is 18.8. The van der Waals surface area contributed by atoms with Crippen LogP contribution in [-0.2, 0) is 25.4 Å². The Hall–Kier alpha value is -2.53. The van der Waals surface area contributed by atoms with E-state index in [1.165, 1.54) is 0 Å². The number of carbonyl (C=O) groups excluding carboxylic acids is 1. The van der Waals surface area contributed by atoms with Gasteiger partial charge in [0.05, 0.1) is 19.5 Å². The van der Waals surface area contributed by atoms with Crippen LogP contribution in [0, 0.1) is 0 Å². The summed E-state index contributed by atoms with van der Waals surface area (Å²) in [4.78, 5) is 24.6. The molecule has 0 bridgehead atoms. The molecule has 0 amide bonds. The lowest BCUT2D eigenvalue weighted by Crippen LogP contribution is -2.36. The average molecular weight is 454 g/mol. The lowest BCUT2D eigenvalue weighted by molar-refractivity contribution is -0.145. The highest BCUT2D eigenvalue weighted by molar-refractivity contribution is 7.59. The standard InChI is InChI=1S/C18H31N8O4P/c1-4-6-9-30-17(27)13(3)25-31(20,28)12-29-10-8-26-11-22-14-15(21-7-5-2)23-18(19)24-16(14)26/h5,11,13H,2,4,6-10,12H2,1,3H3,(H3,20,25,28)(H3,19,21,23,24). The number of imidazole rings is 1. The lowest BCUT2D eigenvalue weighted by Gasteiger charge is -2.19. The third-order valence-corrected chi connectivity index (χ3v) is 5.55. The van der Waals surface area contributed by atoms with Gasteiger partial charge in [-0.15, -0.1) is 6.58 Å². The molecule has 0 aliphatic rings. The van der Waals surface area contributed by atoms with E-state index in [4.69, 9.17) is 20.7 Å². The van der Waals surface area contributed by atoms with Gasteiger partial charge in [0.1, 0.15) is 12.4 Å². The van der Waals surface area contributed by atoms with Crippen molar-refractivity contribution in [1.29, 1.82) is 0 Å². The van der Waals surface area contributed by atoms with Crippen LogP contribution in [0.5, 0.6) is 0 Å². The van der Waals surface area contributed by atoms with E-state index in [-0.39, 0.29) is 18.9 Å². The van der Waals surface area contributed by atoms with E-state index >= 15 is 0 Å². The maximum Gasteiger partial charge on any atom is 0.323 e. The molecule has 12 nitrogen and oxygen atoms in total. The van der Waals surface area contributed by atoms with Crippen molar-refractivity contribution in [2.45, 2.75) is 39.3 Å². The Labute approximate surface area is 181 Å². The molecule has 31 heavy (non-hydrogen) atoms. The minimum Gasteiger partial charge on any atom is -0.465 e. The highest BCUT2D eigenvalue weighted by Crippen LogP contribution is 2.31. The molecule has 2 atom stereocenters. The molecule has 0 saturated carbocycles. The number of hydrogen-bond donors (Lipinski definition) is 4. The van der Waals surface area contributed by atoms with E-state index in [1.807, 2.05) is 6.92 Å². The van der Waals surface area contributed by atoms with Crippen LogP contribution in [0.1, 0.15) is 26.7 Å². The molecule has 2 aromatic rings. The Morgan fingerprint density at radius 2 is 2.19 bits per heavy atom. The largest absolute Gasteiger partial charge is 0.465 e. The number of fused-ring (bicyclic) bond motifs is 1. The summed E-state index contributed by atoms with van der Waals surface area (Å²) in [6, 6.07) is -0.796. The lowest BCUT2D eigenvalue weighted by atomic mass is 10.3. The number of unbranched alkanes of at least 4 members (excludes halogenated alkanes) is 1. The summed E-state index contributed by atoms with van der Waals surface area (Å²) in [6.07, 6.45) is 4.73. The first kappa shape index (κ1) is 24.7. The van der Waals surface area contributed by atoms with Gasteiger partial charge in [0.25, 0.3) is 0 Å².